The highest BCUT2D eigenvalue weighted by molar-refractivity contribution is 5.12. The lowest BCUT2D eigenvalue weighted by Gasteiger charge is -2.19. The zero-order valence-electron chi connectivity index (χ0n) is 9.28. The molecule has 1 aromatic rings. The Hall–Kier alpha value is -0.830. The summed E-state index contributed by atoms with van der Waals surface area (Å²) >= 11 is 0. The van der Waals surface area contributed by atoms with Crippen LogP contribution in [0.5, 0.6) is 0 Å². The first-order valence-electron chi connectivity index (χ1n) is 6.03. The van der Waals surface area contributed by atoms with E-state index in [1.165, 1.54) is 25.1 Å². The molecule has 0 N–H and O–H groups in total. The van der Waals surface area contributed by atoms with Crippen LogP contribution in [0.1, 0.15) is 56.1 Å². The summed E-state index contributed by atoms with van der Waals surface area (Å²) in [5.41, 5.74) is 1.16. The highest BCUT2D eigenvalue weighted by atomic mass is 16.5. The molecular weight excluding hydrogens is 188 g/mol. The van der Waals surface area contributed by atoms with E-state index >= 15 is 0 Å². The molecule has 1 fully saturated rings. The van der Waals surface area contributed by atoms with Gasteiger partial charge in [-0.2, -0.15) is 0 Å². The highest BCUT2D eigenvalue weighted by Crippen LogP contribution is 2.32. The minimum atomic E-state index is 0.273. The number of rotatable bonds is 1. The summed E-state index contributed by atoms with van der Waals surface area (Å²) in [5, 5.41) is 0. The van der Waals surface area contributed by atoms with Gasteiger partial charge in [-0.15, -0.1) is 0 Å². The van der Waals surface area contributed by atoms with E-state index in [0.29, 0.717) is 5.92 Å². The van der Waals surface area contributed by atoms with Gasteiger partial charge in [-0.1, -0.05) is 6.92 Å². The van der Waals surface area contributed by atoms with Crippen LogP contribution in [-0.4, -0.2) is 16.2 Å². The van der Waals surface area contributed by atoms with E-state index in [9.17, 15) is 0 Å². The molecule has 3 heterocycles. The van der Waals surface area contributed by atoms with Crippen LogP contribution < -0.4 is 0 Å². The molecule has 0 aromatic carbocycles. The monoisotopic (exact) mass is 206 g/mol. The Labute approximate surface area is 90.5 Å². The molecule has 0 amide bonds. The first-order valence-corrected chi connectivity index (χ1v) is 6.03. The van der Waals surface area contributed by atoms with E-state index < -0.39 is 0 Å². The van der Waals surface area contributed by atoms with Crippen molar-refractivity contribution in [3.05, 3.63) is 17.7 Å². The van der Waals surface area contributed by atoms with Gasteiger partial charge in [0.25, 0.3) is 0 Å². The van der Waals surface area contributed by atoms with Gasteiger partial charge in [0.05, 0.1) is 5.69 Å². The van der Waals surface area contributed by atoms with Crippen LogP contribution in [-0.2, 0) is 11.3 Å². The topological polar surface area (TPSA) is 27.1 Å². The fraction of sp³-hybridized carbons (Fsp3) is 0.750. The second-order valence-electron chi connectivity index (χ2n) is 4.76. The van der Waals surface area contributed by atoms with Crippen molar-refractivity contribution in [2.75, 3.05) is 6.61 Å². The van der Waals surface area contributed by atoms with E-state index in [2.05, 4.69) is 17.7 Å². The molecule has 2 atom stereocenters. The van der Waals surface area contributed by atoms with Gasteiger partial charge in [0, 0.05) is 25.3 Å². The summed E-state index contributed by atoms with van der Waals surface area (Å²) in [6.45, 7) is 4.32. The van der Waals surface area contributed by atoms with Crippen molar-refractivity contribution in [3.8, 4) is 0 Å². The molecule has 2 unspecified atom stereocenters. The molecule has 2 aliphatic rings. The van der Waals surface area contributed by atoms with Crippen LogP contribution in [0.2, 0.25) is 0 Å². The Morgan fingerprint density at radius 2 is 2.33 bits per heavy atom. The van der Waals surface area contributed by atoms with Crippen LogP contribution in [0.4, 0.5) is 0 Å². The number of fused-ring (bicyclic) bond motifs is 1. The Kier molecular flexibility index (Phi) is 2.28. The van der Waals surface area contributed by atoms with Crippen molar-refractivity contribution in [3.63, 3.8) is 0 Å². The lowest BCUT2D eigenvalue weighted by molar-refractivity contribution is 0.109. The van der Waals surface area contributed by atoms with Crippen LogP contribution in [0.15, 0.2) is 6.20 Å². The van der Waals surface area contributed by atoms with Gasteiger partial charge in [-0.3, -0.25) is 0 Å². The Morgan fingerprint density at radius 1 is 1.40 bits per heavy atom. The predicted molar refractivity (Wildman–Crippen MR) is 57.8 cm³/mol. The molecule has 2 aliphatic heterocycles. The maximum absolute atomic E-state index is 5.68. The molecule has 3 nitrogen and oxygen atoms in total. The summed E-state index contributed by atoms with van der Waals surface area (Å²) < 4.78 is 8.00. The Morgan fingerprint density at radius 3 is 3.07 bits per heavy atom. The third-order valence-electron chi connectivity index (χ3n) is 3.56. The molecule has 3 heteroatoms. The third-order valence-corrected chi connectivity index (χ3v) is 3.56. The largest absolute Gasteiger partial charge is 0.372 e. The molecule has 0 spiro atoms. The lowest BCUT2D eigenvalue weighted by atomic mass is 10.0. The number of nitrogens with zero attached hydrogens (tertiary/aromatic N) is 2. The van der Waals surface area contributed by atoms with Crippen molar-refractivity contribution >= 4 is 0 Å². The van der Waals surface area contributed by atoms with Gasteiger partial charge in [0.1, 0.15) is 11.9 Å². The average molecular weight is 206 g/mol. The van der Waals surface area contributed by atoms with Gasteiger partial charge in [0.2, 0.25) is 0 Å². The summed E-state index contributed by atoms with van der Waals surface area (Å²) in [7, 11) is 0. The zero-order chi connectivity index (χ0) is 10.3. The number of aromatic nitrogens is 2. The van der Waals surface area contributed by atoms with Crippen molar-refractivity contribution in [2.24, 2.45) is 0 Å². The Bertz CT molecular complexity index is 353. The zero-order valence-corrected chi connectivity index (χ0v) is 9.28. The van der Waals surface area contributed by atoms with E-state index in [1.54, 1.807) is 0 Å². The second kappa shape index (κ2) is 3.63. The molecule has 0 saturated carbocycles. The van der Waals surface area contributed by atoms with Crippen molar-refractivity contribution in [2.45, 2.75) is 51.2 Å². The fourth-order valence-corrected chi connectivity index (χ4v) is 2.69. The van der Waals surface area contributed by atoms with Crippen LogP contribution in [0.25, 0.3) is 0 Å². The Balaban J connectivity index is 1.90. The normalized spacial score (nSPS) is 30.5. The number of ether oxygens (including phenoxy) is 1. The molecule has 0 radical (unpaired) electrons. The molecule has 82 valence electrons. The summed E-state index contributed by atoms with van der Waals surface area (Å²) in [5.74, 6) is 1.89. The maximum atomic E-state index is 5.68. The maximum Gasteiger partial charge on any atom is 0.111 e. The third kappa shape index (κ3) is 1.59. The van der Waals surface area contributed by atoms with Crippen molar-refractivity contribution in [1.29, 1.82) is 0 Å². The first kappa shape index (κ1) is 9.40. The van der Waals surface area contributed by atoms with E-state index in [1.807, 2.05) is 0 Å². The van der Waals surface area contributed by atoms with Gasteiger partial charge in [-0.05, 0) is 25.7 Å². The fourth-order valence-electron chi connectivity index (χ4n) is 2.69. The number of hydrogen-bond acceptors (Lipinski definition) is 2. The van der Waals surface area contributed by atoms with Gasteiger partial charge >= 0.3 is 0 Å². The quantitative estimate of drug-likeness (QED) is 0.706. The van der Waals surface area contributed by atoms with Crippen LogP contribution >= 0.6 is 0 Å². The molecule has 0 bridgehead atoms. The second-order valence-corrected chi connectivity index (χ2v) is 4.76. The molecule has 3 rings (SSSR count). The molecule has 15 heavy (non-hydrogen) atoms. The lowest BCUT2D eigenvalue weighted by Crippen LogP contribution is -2.12. The minimum Gasteiger partial charge on any atom is -0.372 e. The van der Waals surface area contributed by atoms with Gasteiger partial charge in [-0.25, -0.2) is 4.98 Å². The van der Waals surface area contributed by atoms with Crippen LogP contribution in [0, 0.1) is 0 Å². The first-order chi connectivity index (χ1) is 7.34. The molecule has 1 aromatic heterocycles. The molecular formula is C12H18N2O. The average Bonchev–Trinajstić information content (AvgIpc) is 2.86. The van der Waals surface area contributed by atoms with Crippen LogP contribution in [0.3, 0.4) is 0 Å². The molecule has 0 aliphatic carbocycles. The van der Waals surface area contributed by atoms with Crippen molar-refractivity contribution in [1.82, 2.24) is 9.55 Å². The summed E-state index contributed by atoms with van der Waals surface area (Å²) in [6.07, 6.45) is 7.38. The van der Waals surface area contributed by atoms with Crippen molar-refractivity contribution < 1.29 is 4.74 Å². The van der Waals surface area contributed by atoms with E-state index in [4.69, 9.17) is 9.72 Å². The number of aryl methyl sites for hydroxylation is 1. The SMILES string of the molecule is CC1CCCn2cc(C3CCCO3)nc21. The predicted octanol–water partition coefficient (Wildman–Crippen LogP) is 2.63. The minimum absolute atomic E-state index is 0.273. The van der Waals surface area contributed by atoms with Gasteiger partial charge < -0.3 is 9.30 Å². The number of imidazole rings is 1. The smallest absolute Gasteiger partial charge is 0.111 e. The standard InChI is InChI=1S/C12H18N2O/c1-9-4-2-6-14-8-10(13-12(9)14)11-5-3-7-15-11/h8-9,11H,2-7H2,1H3. The summed E-state index contributed by atoms with van der Waals surface area (Å²) in [4.78, 5) is 4.75. The van der Waals surface area contributed by atoms with Gasteiger partial charge in [0.15, 0.2) is 0 Å². The molecule has 1 saturated heterocycles. The highest BCUT2D eigenvalue weighted by Gasteiger charge is 2.25. The summed E-state index contributed by atoms with van der Waals surface area (Å²) in [6, 6.07) is 0. The number of hydrogen-bond donors (Lipinski definition) is 0. The van der Waals surface area contributed by atoms with E-state index in [-0.39, 0.29) is 6.10 Å². The van der Waals surface area contributed by atoms with E-state index in [0.717, 1.165) is 25.3 Å².